The molecule has 2 aromatic carbocycles. The number of likely N-dealkylation sites (tertiary alicyclic amines) is 2. The second kappa shape index (κ2) is 16.3. The smallest absolute Gasteiger partial charge is 0.225 e. The number of hydrogen-bond acceptors (Lipinski definition) is 9. The van der Waals surface area contributed by atoms with Gasteiger partial charge in [0.25, 0.3) is 0 Å². The number of piperidine rings is 2. The van der Waals surface area contributed by atoms with E-state index in [1.807, 2.05) is 36.5 Å². The summed E-state index contributed by atoms with van der Waals surface area (Å²) in [7, 11) is 0. The van der Waals surface area contributed by atoms with Gasteiger partial charge in [-0.3, -0.25) is 4.90 Å². The van der Waals surface area contributed by atoms with Crippen molar-refractivity contribution in [1.29, 1.82) is 5.26 Å². The summed E-state index contributed by atoms with van der Waals surface area (Å²) >= 11 is 12.3. The molecular weight excluding hydrogens is 681 g/mol. The molecule has 51 heavy (non-hydrogen) atoms. The molecule has 4 fully saturated rings. The summed E-state index contributed by atoms with van der Waals surface area (Å²) in [5.74, 6) is 4.54. The second-order valence-corrected chi connectivity index (χ2v) is 16.2. The van der Waals surface area contributed by atoms with Gasteiger partial charge < -0.3 is 24.6 Å². The highest BCUT2D eigenvalue weighted by Crippen LogP contribution is 2.39. The summed E-state index contributed by atoms with van der Waals surface area (Å²) in [6, 6.07) is 16.7. The lowest BCUT2D eigenvalue weighted by Gasteiger charge is -2.39. The van der Waals surface area contributed by atoms with Crippen LogP contribution in [0.5, 0.6) is 11.5 Å². The first kappa shape index (κ1) is 36.2. The number of ether oxygens (including phenoxy) is 2. The van der Waals surface area contributed by atoms with Gasteiger partial charge in [-0.15, -0.1) is 11.6 Å². The minimum Gasteiger partial charge on any atom is -0.489 e. The molecule has 0 radical (unpaired) electrons. The van der Waals surface area contributed by atoms with Crippen LogP contribution in [0.3, 0.4) is 0 Å². The number of nitrogens with one attached hydrogen (secondary N) is 1. The molecule has 0 aliphatic carbocycles. The number of alkyl halides is 1. The number of fused-ring (bicyclic) bond motifs is 1. The van der Waals surface area contributed by atoms with Crippen LogP contribution in [0.2, 0.25) is 5.02 Å². The van der Waals surface area contributed by atoms with Crippen LogP contribution >= 0.6 is 23.2 Å². The van der Waals surface area contributed by atoms with Crippen LogP contribution in [0, 0.1) is 29.1 Å². The van der Waals surface area contributed by atoms with E-state index in [2.05, 4.69) is 57.0 Å². The normalized spacial score (nSPS) is 22.2. The fourth-order valence-electron chi connectivity index (χ4n) is 8.62. The average molecular weight is 733 g/mol. The Morgan fingerprint density at radius 3 is 2.35 bits per heavy atom. The van der Waals surface area contributed by atoms with Gasteiger partial charge in [0.2, 0.25) is 5.95 Å². The van der Waals surface area contributed by atoms with Crippen LogP contribution in [0.1, 0.15) is 61.9 Å². The van der Waals surface area contributed by atoms with Crippen molar-refractivity contribution in [2.45, 2.75) is 57.6 Å². The molecule has 1 aromatic heterocycles. The molecule has 0 saturated carbocycles. The molecule has 0 amide bonds. The molecule has 4 aliphatic heterocycles. The van der Waals surface area contributed by atoms with E-state index in [4.69, 9.17) is 37.7 Å². The van der Waals surface area contributed by atoms with Crippen molar-refractivity contribution in [3.8, 4) is 17.6 Å². The number of anilines is 1. The molecule has 0 bridgehead atoms. The van der Waals surface area contributed by atoms with Crippen molar-refractivity contribution in [1.82, 2.24) is 25.1 Å². The quantitative estimate of drug-likeness (QED) is 0.214. The molecule has 4 saturated heterocycles. The van der Waals surface area contributed by atoms with Crippen molar-refractivity contribution in [2.75, 3.05) is 76.3 Å². The third-order valence-electron chi connectivity index (χ3n) is 11.7. The van der Waals surface area contributed by atoms with E-state index in [0.29, 0.717) is 40.7 Å². The molecule has 11 heteroatoms. The minimum atomic E-state index is -0.407. The lowest BCUT2D eigenvalue weighted by molar-refractivity contribution is 0.105. The predicted molar refractivity (Wildman–Crippen MR) is 203 cm³/mol. The maximum Gasteiger partial charge on any atom is 0.225 e. The van der Waals surface area contributed by atoms with E-state index in [-0.39, 0.29) is 6.61 Å². The van der Waals surface area contributed by atoms with Gasteiger partial charge >= 0.3 is 0 Å². The van der Waals surface area contributed by atoms with Crippen molar-refractivity contribution < 1.29 is 9.47 Å². The Hall–Kier alpha value is -3.13. The van der Waals surface area contributed by atoms with Crippen molar-refractivity contribution in [2.24, 2.45) is 17.8 Å². The van der Waals surface area contributed by atoms with E-state index in [0.717, 1.165) is 53.6 Å². The highest BCUT2D eigenvalue weighted by Gasteiger charge is 2.43. The zero-order valence-corrected chi connectivity index (χ0v) is 31.5. The van der Waals surface area contributed by atoms with Crippen LogP contribution in [0.15, 0.2) is 48.7 Å². The molecule has 2 atom stereocenters. The Morgan fingerprint density at radius 2 is 1.67 bits per heavy atom. The van der Waals surface area contributed by atoms with Crippen LogP contribution in [0.25, 0.3) is 0 Å². The summed E-state index contributed by atoms with van der Waals surface area (Å²) in [5, 5.41) is 13.7. The Kier molecular flexibility index (Phi) is 11.6. The van der Waals surface area contributed by atoms with Crippen molar-refractivity contribution in [3.63, 3.8) is 0 Å². The lowest BCUT2D eigenvalue weighted by atomic mass is 9.77. The minimum absolute atomic E-state index is 0.285. The van der Waals surface area contributed by atoms with E-state index >= 15 is 0 Å². The van der Waals surface area contributed by atoms with Gasteiger partial charge in [0, 0.05) is 50.4 Å². The first-order chi connectivity index (χ1) is 24.8. The van der Waals surface area contributed by atoms with Gasteiger partial charge in [0.1, 0.15) is 25.0 Å². The number of hydrogen-bond donors (Lipinski definition) is 1. The Morgan fingerprint density at radius 1 is 0.941 bits per heavy atom. The largest absolute Gasteiger partial charge is 0.489 e. The van der Waals surface area contributed by atoms with Crippen LogP contribution in [-0.4, -0.2) is 97.2 Å². The van der Waals surface area contributed by atoms with Crippen LogP contribution in [0.4, 0.5) is 5.95 Å². The standard InChI is InChI=1S/C40H51Cl2N7O2/c1-40(2,33-19-29(21-43)38(37(42)20-33)50-18-12-41)32-3-5-36(6-4-32)51-27-34-9-15-45-39(46-34)49-25-30-23-48(24-31(30)26-49)35-10-16-47(17-11-35)22-28-7-13-44-14-8-28/h3-6,9,15,19-20,28,30-31,35,44H,7-8,10-14,16-18,22-27H2,1-2H3/t30-,31+. The van der Waals surface area contributed by atoms with Gasteiger partial charge in [0.15, 0.2) is 5.75 Å². The fraction of sp³-hybridized carbons (Fsp3) is 0.575. The topological polar surface area (TPSA) is 89.8 Å². The lowest BCUT2D eigenvalue weighted by Crippen LogP contribution is -2.46. The van der Waals surface area contributed by atoms with Gasteiger partial charge in [-0.1, -0.05) is 37.6 Å². The summed E-state index contributed by atoms with van der Waals surface area (Å²) in [5.41, 5.74) is 2.86. The molecule has 1 N–H and O–H groups in total. The van der Waals surface area contributed by atoms with Gasteiger partial charge in [-0.2, -0.15) is 5.26 Å². The van der Waals surface area contributed by atoms with E-state index < -0.39 is 5.41 Å². The van der Waals surface area contributed by atoms with E-state index in [1.165, 1.54) is 71.5 Å². The third-order valence-corrected chi connectivity index (χ3v) is 12.2. The van der Waals surface area contributed by atoms with Gasteiger partial charge in [-0.25, -0.2) is 9.97 Å². The number of nitriles is 1. The fourth-order valence-corrected chi connectivity index (χ4v) is 8.97. The van der Waals surface area contributed by atoms with Gasteiger partial charge in [-0.05, 0) is 111 Å². The Labute approximate surface area is 313 Å². The zero-order valence-electron chi connectivity index (χ0n) is 30.0. The molecule has 3 aromatic rings. The number of benzene rings is 2. The molecular formula is C40H51Cl2N7O2. The van der Waals surface area contributed by atoms with E-state index in [9.17, 15) is 5.26 Å². The number of rotatable bonds is 12. The molecule has 9 nitrogen and oxygen atoms in total. The molecule has 7 rings (SSSR count). The first-order valence-corrected chi connectivity index (χ1v) is 19.6. The monoisotopic (exact) mass is 731 g/mol. The molecule has 0 unspecified atom stereocenters. The summed E-state index contributed by atoms with van der Waals surface area (Å²) in [4.78, 5) is 17.5. The number of halogens is 2. The SMILES string of the molecule is CC(C)(c1ccc(OCc2ccnc(N3C[C@@H]4CN(C5CCN(CC6CCNCC6)CC5)C[C@@H]4C3)n2)cc1)c1cc(Cl)c(OCCCl)c(C#N)c1. The maximum atomic E-state index is 9.75. The van der Waals surface area contributed by atoms with Gasteiger partial charge in [0.05, 0.1) is 22.2 Å². The van der Waals surface area contributed by atoms with Crippen LogP contribution in [-0.2, 0) is 12.0 Å². The molecule has 5 heterocycles. The Balaban J connectivity index is 0.895. The summed E-state index contributed by atoms with van der Waals surface area (Å²) < 4.78 is 11.8. The number of aromatic nitrogens is 2. The first-order valence-electron chi connectivity index (χ1n) is 18.7. The molecule has 4 aliphatic rings. The second-order valence-electron chi connectivity index (χ2n) is 15.4. The highest BCUT2D eigenvalue weighted by atomic mass is 35.5. The summed E-state index contributed by atoms with van der Waals surface area (Å²) in [6.07, 6.45) is 7.17. The maximum absolute atomic E-state index is 9.75. The Bertz CT molecular complexity index is 1650. The third kappa shape index (κ3) is 8.42. The highest BCUT2D eigenvalue weighted by molar-refractivity contribution is 6.32. The van der Waals surface area contributed by atoms with Crippen molar-refractivity contribution in [3.05, 3.63) is 76.1 Å². The molecule has 272 valence electrons. The van der Waals surface area contributed by atoms with Crippen LogP contribution < -0.4 is 19.7 Å². The van der Waals surface area contributed by atoms with Crippen molar-refractivity contribution >= 4 is 29.2 Å². The van der Waals surface area contributed by atoms with E-state index in [1.54, 1.807) is 0 Å². The zero-order chi connectivity index (χ0) is 35.4. The number of nitrogens with zero attached hydrogens (tertiary/aromatic N) is 6. The molecule has 0 spiro atoms. The summed E-state index contributed by atoms with van der Waals surface area (Å²) in [6.45, 7) is 15.6. The average Bonchev–Trinajstić information content (AvgIpc) is 3.75. The predicted octanol–water partition coefficient (Wildman–Crippen LogP) is 6.36.